The summed E-state index contributed by atoms with van der Waals surface area (Å²) in [4.78, 5) is 11.9. The largest absolute Gasteiger partial charge is 0.481 e. The van der Waals surface area contributed by atoms with Crippen molar-refractivity contribution in [1.82, 2.24) is 5.32 Å². The molecule has 0 bridgehead atoms. The van der Waals surface area contributed by atoms with Crippen molar-refractivity contribution >= 4 is 5.91 Å². The van der Waals surface area contributed by atoms with E-state index in [4.69, 9.17) is 4.74 Å². The highest BCUT2D eigenvalue weighted by Gasteiger charge is 2.17. The van der Waals surface area contributed by atoms with Gasteiger partial charge in [-0.2, -0.15) is 0 Å². The SMILES string of the molecule is CCCCNC(=O)C(C)Oc1ccc(C)cc1[C@H](C)O. The van der Waals surface area contributed by atoms with Gasteiger partial charge in [-0.05, 0) is 39.3 Å². The minimum absolute atomic E-state index is 0.129. The van der Waals surface area contributed by atoms with Gasteiger partial charge in [0.2, 0.25) is 0 Å². The summed E-state index contributed by atoms with van der Waals surface area (Å²) in [7, 11) is 0. The molecule has 0 aliphatic carbocycles. The molecule has 20 heavy (non-hydrogen) atoms. The van der Waals surface area contributed by atoms with Crippen molar-refractivity contribution in [3.63, 3.8) is 0 Å². The van der Waals surface area contributed by atoms with Crippen molar-refractivity contribution < 1.29 is 14.6 Å². The summed E-state index contributed by atoms with van der Waals surface area (Å²) < 4.78 is 5.68. The van der Waals surface area contributed by atoms with E-state index in [1.165, 1.54) is 0 Å². The molecule has 0 radical (unpaired) electrons. The van der Waals surface area contributed by atoms with Gasteiger partial charge < -0.3 is 15.2 Å². The lowest BCUT2D eigenvalue weighted by molar-refractivity contribution is -0.127. The van der Waals surface area contributed by atoms with Gasteiger partial charge >= 0.3 is 0 Å². The van der Waals surface area contributed by atoms with Gasteiger partial charge in [-0.15, -0.1) is 0 Å². The minimum atomic E-state index is -0.625. The first kappa shape index (κ1) is 16.5. The molecule has 0 heterocycles. The molecule has 1 aromatic carbocycles. The van der Waals surface area contributed by atoms with Gasteiger partial charge in [-0.3, -0.25) is 4.79 Å². The van der Waals surface area contributed by atoms with Crippen molar-refractivity contribution in [3.05, 3.63) is 29.3 Å². The number of ether oxygens (including phenoxy) is 1. The quantitative estimate of drug-likeness (QED) is 0.755. The Morgan fingerprint density at radius 3 is 2.70 bits per heavy atom. The summed E-state index contributed by atoms with van der Waals surface area (Å²) in [6.07, 6.45) is 0.800. The van der Waals surface area contributed by atoms with E-state index in [9.17, 15) is 9.90 Å². The molecule has 2 atom stereocenters. The zero-order valence-electron chi connectivity index (χ0n) is 12.8. The van der Waals surface area contributed by atoms with Gasteiger partial charge in [0.15, 0.2) is 6.10 Å². The zero-order chi connectivity index (χ0) is 15.1. The van der Waals surface area contributed by atoms with Crippen LogP contribution in [0.15, 0.2) is 18.2 Å². The van der Waals surface area contributed by atoms with Crippen molar-refractivity contribution in [2.45, 2.75) is 52.7 Å². The van der Waals surface area contributed by atoms with Crippen LogP contribution in [-0.2, 0) is 4.79 Å². The molecule has 1 rings (SSSR count). The minimum Gasteiger partial charge on any atom is -0.481 e. The molecule has 0 aromatic heterocycles. The number of aliphatic hydroxyl groups is 1. The fraction of sp³-hybridized carbons (Fsp3) is 0.562. The highest BCUT2D eigenvalue weighted by molar-refractivity contribution is 5.80. The van der Waals surface area contributed by atoms with Crippen LogP contribution in [0.5, 0.6) is 5.75 Å². The third-order valence-corrected chi connectivity index (χ3v) is 3.12. The van der Waals surface area contributed by atoms with Crippen LogP contribution in [0.1, 0.15) is 50.8 Å². The van der Waals surface area contributed by atoms with Gasteiger partial charge in [0, 0.05) is 12.1 Å². The van der Waals surface area contributed by atoms with Crippen LogP contribution in [0.4, 0.5) is 0 Å². The van der Waals surface area contributed by atoms with E-state index in [0.29, 0.717) is 17.9 Å². The van der Waals surface area contributed by atoms with Crippen LogP contribution in [0.3, 0.4) is 0 Å². The Balaban J connectivity index is 2.70. The molecule has 4 nitrogen and oxygen atoms in total. The van der Waals surface area contributed by atoms with E-state index in [-0.39, 0.29) is 5.91 Å². The molecule has 0 saturated carbocycles. The molecule has 2 N–H and O–H groups in total. The number of aryl methyl sites for hydroxylation is 1. The molecule has 112 valence electrons. The summed E-state index contributed by atoms with van der Waals surface area (Å²) in [6, 6.07) is 5.58. The molecule has 0 aliphatic rings. The highest BCUT2D eigenvalue weighted by Crippen LogP contribution is 2.27. The predicted octanol–water partition coefficient (Wildman–Crippen LogP) is 2.73. The summed E-state index contributed by atoms with van der Waals surface area (Å²) in [5, 5.41) is 12.6. The lowest BCUT2D eigenvalue weighted by Gasteiger charge is -2.18. The maximum Gasteiger partial charge on any atom is 0.260 e. The van der Waals surface area contributed by atoms with E-state index < -0.39 is 12.2 Å². The monoisotopic (exact) mass is 279 g/mol. The Bertz CT molecular complexity index is 443. The first-order chi connectivity index (χ1) is 9.45. The van der Waals surface area contributed by atoms with Gasteiger partial charge in [-0.25, -0.2) is 0 Å². The second kappa shape index (κ2) is 7.90. The Kier molecular flexibility index (Phi) is 6.52. The zero-order valence-corrected chi connectivity index (χ0v) is 12.8. The van der Waals surface area contributed by atoms with E-state index >= 15 is 0 Å². The average Bonchev–Trinajstić information content (AvgIpc) is 2.40. The first-order valence-electron chi connectivity index (χ1n) is 7.18. The standard InChI is InChI=1S/C16H25NO3/c1-5-6-9-17-16(19)13(4)20-15-8-7-11(2)10-14(15)12(3)18/h7-8,10,12-13,18H,5-6,9H2,1-4H3,(H,17,19)/t12-,13?/m0/s1. The number of amides is 1. The number of nitrogens with one attached hydrogen (secondary N) is 1. The molecular weight excluding hydrogens is 254 g/mol. The van der Waals surface area contributed by atoms with Crippen LogP contribution in [-0.4, -0.2) is 23.7 Å². The van der Waals surface area contributed by atoms with E-state index in [0.717, 1.165) is 18.4 Å². The van der Waals surface area contributed by atoms with Crippen LogP contribution >= 0.6 is 0 Å². The number of carbonyl (C=O) groups is 1. The van der Waals surface area contributed by atoms with Crippen molar-refractivity contribution in [1.29, 1.82) is 0 Å². The lowest BCUT2D eigenvalue weighted by atomic mass is 10.1. The number of carbonyl (C=O) groups excluding carboxylic acids is 1. The lowest BCUT2D eigenvalue weighted by Crippen LogP contribution is -2.37. The van der Waals surface area contributed by atoms with Gasteiger partial charge in [0.05, 0.1) is 6.10 Å². The van der Waals surface area contributed by atoms with Crippen LogP contribution in [0.2, 0.25) is 0 Å². The Hall–Kier alpha value is -1.55. The topological polar surface area (TPSA) is 58.6 Å². The number of unbranched alkanes of at least 4 members (excludes halogenated alkanes) is 1. The fourth-order valence-electron chi connectivity index (χ4n) is 1.88. The second-order valence-electron chi connectivity index (χ2n) is 5.12. The summed E-state index contributed by atoms with van der Waals surface area (Å²) in [5.74, 6) is 0.430. The summed E-state index contributed by atoms with van der Waals surface area (Å²) in [6.45, 7) is 8.10. The molecular formula is C16H25NO3. The molecule has 0 saturated heterocycles. The van der Waals surface area contributed by atoms with E-state index in [1.54, 1.807) is 19.9 Å². The average molecular weight is 279 g/mol. The predicted molar refractivity (Wildman–Crippen MR) is 79.8 cm³/mol. The second-order valence-corrected chi connectivity index (χ2v) is 5.12. The highest BCUT2D eigenvalue weighted by atomic mass is 16.5. The van der Waals surface area contributed by atoms with E-state index in [1.807, 2.05) is 19.1 Å². The summed E-state index contributed by atoms with van der Waals surface area (Å²) in [5.41, 5.74) is 1.76. The maximum atomic E-state index is 11.9. The molecule has 1 aromatic rings. The molecule has 0 spiro atoms. The summed E-state index contributed by atoms with van der Waals surface area (Å²) >= 11 is 0. The van der Waals surface area contributed by atoms with Gasteiger partial charge in [-0.1, -0.05) is 25.0 Å². The van der Waals surface area contributed by atoms with Crippen molar-refractivity contribution in [3.8, 4) is 5.75 Å². The molecule has 4 heteroatoms. The first-order valence-corrected chi connectivity index (χ1v) is 7.18. The molecule has 1 unspecified atom stereocenters. The molecule has 0 aliphatic heterocycles. The Labute approximate surface area is 121 Å². The van der Waals surface area contributed by atoms with Crippen molar-refractivity contribution in [2.75, 3.05) is 6.54 Å². The maximum absolute atomic E-state index is 11.9. The van der Waals surface area contributed by atoms with Crippen LogP contribution in [0, 0.1) is 6.92 Å². The third-order valence-electron chi connectivity index (χ3n) is 3.12. The number of benzene rings is 1. The number of hydrogen-bond acceptors (Lipinski definition) is 3. The number of aliphatic hydroxyl groups excluding tert-OH is 1. The van der Waals surface area contributed by atoms with Crippen LogP contribution < -0.4 is 10.1 Å². The number of hydrogen-bond donors (Lipinski definition) is 2. The van der Waals surface area contributed by atoms with Crippen molar-refractivity contribution in [2.24, 2.45) is 0 Å². The normalized spacial score (nSPS) is 13.7. The molecule has 1 amide bonds. The Morgan fingerprint density at radius 2 is 2.10 bits per heavy atom. The smallest absolute Gasteiger partial charge is 0.260 e. The Morgan fingerprint density at radius 1 is 1.40 bits per heavy atom. The molecule has 0 fully saturated rings. The van der Waals surface area contributed by atoms with Gasteiger partial charge in [0.1, 0.15) is 5.75 Å². The number of rotatable bonds is 7. The van der Waals surface area contributed by atoms with E-state index in [2.05, 4.69) is 12.2 Å². The van der Waals surface area contributed by atoms with Gasteiger partial charge in [0.25, 0.3) is 5.91 Å². The fourth-order valence-corrected chi connectivity index (χ4v) is 1.88. The third kappa shape index (κ3) is 4.85. The van der Waals surface area contributed by atoms with Crippen LogP contribution in [0.25, 0.3) is 0 Å².